The van der Waals surface area contributed by atoms with E-state index in [1.165, 1.54) is 0 Å². The Bertz CT molecular complexity index is 1170. The highest BCUT2D eigenvalue weighted by Gasteiger charge is 2.17. The van der Waals surface area contributed by atoms with Crippen molar-refractivity contribution in [1.29, 1.82) is 0 Å². The highest BCUT2D eigenvalue weighted by atomic mass is 35.5. The lowest BCUT2D eigenvalue weighted by Gasteiger charge is -2.07. The molecule has 0 aliphatic carbocycles. The first-order valence-corrected chi connectivity index (χ1v) is 10.5. The fourth-order valence-corrected chi connectivity index (χ4v) is 4.17. The molecule has 0 bridgehead atoms. The Kier molecular flexibility index (Phi) is 5.69. The quantitative estimate of drug-likeness (QED) is 0.231. The molecule has 28 heavy (non-hydrogen) atoms. The molecule has 0 spiro atoms. The SMILES string of the molecule is C=CCn1c(SCc2ccc(Cl)c(Cl)c2)nnc1-c1cc2cc(Cl)ccc2o1. The van der Waals surface area contributed by atoms with Crippen molar-refractivity contribution in [1.82, 2.24) is 14.8 Å². The molecule has 0 N–H and O–H groups in total. The Morgan fingerprint density at radius 3 is 2.68 bits per heavy atom. The zero-order valence-electron chi connectivity index (χ0n) is 14.5. The molecule has 0 saturated carbocycles. The van der Waals surface area contributed by atoms with Gasteiger partial charge < -0.3 is 4.42 Å². The normalized spacial score (nSPS) is 11.2. The molecule has 4 aromatic rings. The van der Waals surface area contributed by atoms with E-state index < -0.39 is 0 Å². The molecule has 0 amide bonds. The van der Waals surface area contributed by atoms with Gasteiger partial charge in [0.1, 0.15) is 5.58 Å². The second-order valence-electron chi connectivity index (χ2n) is 6.04. The van der Waals surface area contributed by atoms with Gasteiger partial charge in [-0.3, -0.25) is 4.57 Å². The largest absolute Gasteiger partial charge is 0.453 e. The number of rotatable bonds is 6. The number of thioether (sulfide) groups is 1. The summed E-state index contributed by atoms with van der Waals surface area (Å²) in [4.78, 5) is 0. The number of furan rings is 1. The van der Waals surface area contributed by atoms with Crippen LogP contribution in [-0.4, -0.2) is 14.8 Å². The topological polar surface area (TPSA) is 43.9 Å². The Labute approximate surface area is 181 Å². The summed E-state index contributed by atoms with van der Waals surface area (Å²) < 4.78 is 7.91. The summed E-state index contributed by atoms with van der Waals surface area (Å²) in [6, 6.07) is 13.0. The van der Waals surface area contributed by atoms with E-state index in [1.807, 2.05) is 34.9 Å². The molecule has 0 atom stereocenters. The van der Waals surface area contributed by atoms with Gasteiger partial charge in [0.25, 0.3) is 0 Å². The molecule has 0 aliphatic rings. The number of fused-ring (bicyclic) bond motifs is 1. The van der Waals surface area contributed by atoms with E-state index in [9.17, 15) is 0 Å². The number of benzene rings is 2. The van der Waals surface area contributed by atoms with Crippen LogP contribution in [-0.2, 0) is 12.3 Å². The van der Waals surface area contributed by atoms with Crippen LogP contribution in [0, 0.1) is 0 Å². The number of hydrogen-bond acceptors (Lipinski definition) is 4. The van der Waals surface area contributed by atoms with Crippen molar-refractivity contribution in [3.05, 3.63) is 75.8 Å². The predicted molar refractivity (Wildman–Crippen MR) is 116 cm³/mol. The molecule has 2 aromatic heterocycles. The number of hydrogen-bond donors (Lipinski definition) is 0. The van der Waals surface area contributed by atoms with Crippen LogP contribution in [0.2, 0.25) is 15.1 Å². The Hall–Kier alpha value is -1.92. The van der Waals surface area contributed by atoms with Gasteiger partial charge in [-0.15, -0.1) is 16.8 Å². The standard InChI is InChI=1S/C20H14Cl3N3OS/c1-2-7-26-19(18-10-13-9-14(21)4-6-17(13)27-18)24-25-20(26)28-11-12-3-5-15(22)16(23)8-12/h2-6,8-10H,1,7,11H2. The number of aromatic nitrogens is 3. The van der Waals surface area contributed by atoms with Crippen molar-refractivity contribution in [3.63, 3.8) is 0 Å². The molecule has 4 rings (SSSR count). The molecule has 8 heteroatoms. The fraction of sp³-hybridized carbons (Fsp3) is 0.100. The van der Waals surface area contributed by atoms with Gasteiger partial charge in [-0.25, -0.2) is 0 Å². The zero-order chi connectivity index (χ0) is 19.7. The molecule has 0 radical (unpaired) electrons. The van der Waals surface area contributed by atoms with Crippen molar-refractivity contribution >= 4 is 57.5 Å². The van der Waals surface area contributed by atoms with Gasteiger partial charge >= 0.3 is 0 Å². The summed E-state index contributed by atoms with van der Waals surface area (Å²) in [6.07, 6.45) is 1.80. The molecular formula is C20H14Cl3N3OS. The fourth-order valence-electron chi connectivity index (χ4n) is 2.77. The van der Waals surface area contributed by atoms with Crippen LogP contribution in [0.25, 0.3) is 22.6 Å². The lowest BCUT2D eigenvalue weighted by atomic mass is 10.2. The van der Waals surface area contributed by atoms with E-state index in [2.05, 4.69) is 16.8 Å². The Balaban J connectivity index is 1.64. The van der Waals surface area contributed by atoms with Crippen LogP contribution in [0.15, 0.2) is 64.7 Å². The van der Waals surface area contributed by atoms with Gasteiger partial charge in [-0.1, -0.05) is 58.7 Å². The van der Waals surface area contributed by atoms with Crippen molar-refractivity contribution < 1.29 is 4.42 Å². The van der Waals surface area contributed by atoms with Crippen LogP contribution in [0.4, 0.5) is 0 Å². The zero-order valence-corrected chi connectivity index (χ0v) is 17.6. The van der Waals surface area contributed by atoms with Gasteiger partial charge in [-0.2, -0.15) is 0 Å². The molecular weight excluding hydrogens is 437 g/mol. The molecule has 2 heterocycles. The first kappa shape index (κ1) is 19.4. The minimum atomic E-state index is 0.536. The van der Waals surface area contributed by atoms with E-state index in [0.717, 1.165) is 21.7 Å². The van der Waals surface area contributed by atoms with E-state index >= 15 is 0 Å². The predicted octanol–water partition coefficient (Wildman–Crippen LogP) is 7.13. The Morgan fingerprint density at radius 2 is 1.89 bits per heavy atom. The maximum Gasteiger partial charge on any atom is 0.200 e. The third-order valence-corrected chi connectivity index (χ3v) is 6.09. The summed E-state index contributed by atoms with van der Waals surface area (Å²) >= 11 is 19.7. The molecule has 0 fully saturated rings. The monoisotopic (exact) mass is 449 g/mol. The highest BCUT2D eigenvalue weighted by molar-refractivity contribution is 7.98. The summed E-state index contributed by atoms with van der Waals surface area (Å²) in [5, 5.41) is 12.1. The summed E-state index contributed by atoms with van der Waals surface area (Å²) in [5.74, 6) is 1.96. The van der Waals surface area contributed by atoms with Crippen LogP contribution < -0.4 is 0 Å². The van der Waals surface area contributed by atoms with E-state index in [4.69, 9.17) is 39.2 Å². The molecule has 4 nitrogen and oxygen atoms in total. The maximum atomic E-state index is 6.10. The first-order chi connectivity index (χ1) is 13.5. The van der Waals surface area contributed by atoms with Crippen molar-refractivity contribution in [2.45, 2.75) is 17.5 Å². The molecule has 0 unspecified atom stereocenters. The average Bonchev–Trinajstić information content (AvgIpc) is 3.26. The van der Waals surface area contributed by atoms with Gasteiger partial charge in [0.2, 0.25) is 5.82 Å². The van der Waals surface area contributed by atoms with Gasteiger partial charge in [-0.05, 0) is 42.0 Å². The van der Waals surface area contributed by atoms with Crippen molar-refractivity contribution in [3.8, 4) is 11.6 Å². The maximum absolute atomic E-state index is 6.10. The molecule has 0 saturated heterocycles. The number of allylic oxidation sites excluding steroid dienone is 1. The lowest BCUT2D eigenvalue weighted by molar-refractivity contribution is 0.613. The smallest absolute Gasteiger partial charge is 0.200 e. The number of halogens is 3. The minimum Gasteiger partial charge on any atom is -0.453 e. The summed E-state index contributed by atoms with van der Waals surface area (Å²) in [5.41, 5.74) is 1.80. The van der Waals surface area contributed by atoms with Crippen LogP contribution >= 0.6 is 46.6 Å². The summed E-state index contributed by atoms with van der Waals surface area (Å²) in [7, 11) is 0. The van der Waals surface area contributed by atoms with E-state index in [-0.39, 0.29) is 0 Å². The van der Waals surface area contributed by atoms with E-state index in [1.54, 1.807) is 30.0 Å². The Morgan fingerprint density at radius 1 is 1.04 bits per heavy atom. The van der Waals surface area contributed by atoms with Crippen molar-refractivity contribution in [2.24, 2.45) is 0 Å². The number of nitrogens with zero attached hydrogens (tertiary/aromatic N) is 3. The van der Waals surface area contributed by atoms with E-state index in [0.29, 0.717) is 39.0 Å². The van der Waals surface area contributed by atoms with Crippen LogP contribution in [0.1, 0.15) is 5.56 Å². The highest BCUT2D eigenvalue weighted by Crippen LogP contribution is 2.32. The second kappa shape index (κ2) is 8.21. The first-order valence-electron chi connectivity index (χ1n) is 8.35. The van der Waals surface area contributed by atoms with Crippen molar-refractivity contribution in [2.75, 3.05) is 0 Å². The third-order valence-electron chi connectivity index (χ3n) is 4.08. The second-order valence-corrected chi connectivity index (χ2v) is 8.23. The lowest BCUT2D eigenvalue weighted by Crippen LogP contribution is -2.00. The minimum absolute atomic E-state index is 0.536. The van der Waals surface area contributed by atoms with Crippen LogP contribution in [0.5, 0.6) is 0 Å². The third kappa shape index (κ3) is 3.94. The molecule has 0 aliphatic heterocycles. The van der Waals surface area contributed by atoms with Crippen LogP contribution in [0.3, 0.4) is 0 Å². The molecule has 142 valence electrons. The summed E-state index contributed by atoms with van der Waals surface area (Å²) in [6.45, 7) is 4.40. The van der Waals surface area contributed by atoms with Gasteiger partial charge in [0, 0.05) is 22.7 Å². The van der Waals surface area contributed by atoms with Gasteiger partial charge in [0.15, 0.2) is 10.9 Å². The average molecular weight is 451 g/mol. The molecule has 2 aromatic carbocycles. The van der Waals surface area contributed by atoms with Gasteiger partial charge in [0.05, 0.1) is 10.0 Å².